The average Bonchev–Trinajstić information content (AvgIpc) is 2.41. The first-order valence-corrected chi connectivity index (χ1v) is 8.06. The highest BCUT2D eigenvalue weighted by Crippen LogP contribution is 2.20. The third-order valence-corrected chi connectivity index (χ3v) is 4.85. The lowest BCUT2D eigenvalue weighted by Gasteiger charge is -2.08. The topological polar surface area (TPSA) is 46.2 Å². The molecule has 106 valence electrons. The lowest BCUT2D eigenvalue weighted by Crippen LogP contribution is -2.23. The normalized spacial score (nSPS) is 11.6. The summed E-state index contributed by atoms with van der Waals surface area (Å²) in [7, 11) is -3.54. The Balaban J connectivity index is 2.14. The summed E-state index contributed by atoms with van der Waals surface area (Å²) in [4.78, 5) is 0.181. The number of rotatable bonds is 4. The molecule has 0 saturated heterocycles. The molecule has 3 nitrogen and oxygen atoms in total. The van der Waals surface area contributed by atoms with Crippen molar-refractivity contribution in [3.05, 3.63) is 64.2 Å². The van der Waals surface area contributed by atoms with Crippen molar-refractivity contribution in [2.24, 2.45) is 0 Å². The van der Waals surface area contributed by atoms with Gasteiger partial charge in [0.1, 0.15) is 0 Å². The molecular weight excluding hydrogens is 294 g/mol. The first-order valence-electron chi connectivity index (χ1n) is 6.20. The van der Waals surface area contributed by atoms with Gasteiger partial charge in [-0.05, 0) is 37.1 Å². The van der Waals surface area contributed by atoms with Crippen molar-refractivity contribution in [2.45, 2.75) is 25.3 Å². The van der Waals surface area contributed by atoms with E-state index in [1.54, 1.807) is 12.1 Å². The molecular formula is C15H16ClNO2S. The maximum Gasteiger partial charge on any atom is 0.240 e. The number of sulfonamides is 1. The molecule has 0 aromatic heterocycles. The van der Waals surface area contributed by atoms with Crippen LogP contribution in [-0.4, -0.2) is 8.42 Å². The van der Waals surface area contributed by atoms with Gasteiger partial charge in [-0.15, -0.1) is 0 Å². The highest BCUT2D eigenvalue weighted by atomic mass is 35.5. The fourth-order valence-corrected chi connectivity index (χ4v) is 3.00. The Morgan fingerprint density at radius 2 is 1.70 bits per heavy atom. The Morgan fingerprint density at radius 3 is 2.30 bits per heavy atom. The molecule has 5 heteroatoms. The van der Waals surface area contributed by atoms with Crippen molar-refractivity contribution in [2.75, 3.05) is 0 Å². The largest absolute Gasteiger partial charge is 0.240 e. The number of hydrogen-bond donors (Lipinski definition) is 1. The second-order valence-corrected chi connectivity index (χ2v) is 6.90. The highest BCUT2D eigenvalue weighted by Gasteiger charge is 2.14. The van der Waals surface area contributed by atoms with E-state index in [2.05, 4.69) is 4.72 Å². The molecule has 0 amide bonds. The smallest absolute Gasteiger partial charge is 0.207 e. The van der Waals surface area contributed by atoms with Crippen molar-refractivity contribution >= 4 is 21.6 Å². The zero-order chi connectivity index (χ0) is 14.8. The van der Waals surface area contributed by atoms with Crippen LogP contribution in [0.25, 0.3) is 0 Å². The van der Waals surface area contributed by atoms with Crippen LogP contribution in [0.4, 0.5) is 0 Å². The van der Waals surface area contributed by atoms with Crippen molar-refractivity contribution in [1.29, 1.82) is 0 Å². The molecule has 2 aromatic rings. The summed E-state index contributed by atoms with van der Waals surface area (Å²) in [6.07, 6.45) is 0. The van der Waals surface area contributed by atoms with Gasteiger partial charge in [0, 0.05) is 11.6 Å². The fraction of sp³-hybridized carbons (Fsp3) is 0.200. The quantitative estimate of drug-likeness (QED) is 0.940. The van der Waals surface area contributed by atoms with Gasteiger partial charge in [0.15, 0.2) is 0 Å². The van der Waals surface area contributed by atoms with Gasteiger partial charge in [0.2, 0.25) is 10.0 Å². The monoisotopic (exact) mass is 309 g/mol. The molecule has 0 atom stereocenters. The van der Waals surface area contributed by atoms with Gasteiger partial charge in [-0.3, -0.25) is 0 Å². The summed E-state index contributed by atoms with van der Waals surface area (Å²) in [5.41, 5.74) is 2.91. The second kappa shape index (κ2) is 5.95. The van der Waals surface area contributed by atoms with Crippen LogP contribution in [0.2, 0.25) is 5.02 Å². The van der Waals surface area contributed by atoms with E-state index in [4.69, 9.17) is 11.6 Å². The minimum absolute atomic E-state index is 0.181. The van der Waals surface area contributed by atoms with E-state index in [1.165, 1.54) is 6.07 Å². The Morgan fingerprint density at radius 1 is 1.05 bits per heavy atom. The summed E-state index contributed by atoms with van der Waals surface area (Å²) in [6, 6.07) is 12.4. The predicted molar refractivity (Wildman–Crippen MR) is 81.4 cm³/mol. The number of halogens is 1. The number of benzene rings is 2. The Bertz CT molecular complexity index is 709. The summed E-state index contributed by atoms with van der Waals surface area (Å²) in [5, 5.41) is 0.447. The Labute approximate surface area is 124 Å². The van der Waals surface area contributed by atoms with Crippen LogP contribution in [0.3, 0.4) is 0 Å². The standard InChI is InChI=1S/C15H16ClNO2S/c1-11-3-6-13(7-4-11)10-17-20(18,19)14-8-5-12(2)15(16)9-14/h3-9,17H,10H2,1-2H3. The molecule has 0 spiro atoms. The van der Waals surface area contributed by atoms with Gasteiger partial charge in [-0.1, -0.05) is 47.5 Å². The SMILES string of the molecule is Cc1ccc(CNS(=O)(=O)c2ccc(C)c(Cl)c2)cc1. The number of nitrogens with one attached hydrogen (secondary N) is 1. The summed E-state index contributed by atoms with van der Waals surface area (Å²) < 4.78 is 26.9. The van der Waals surface area contributed by atoms with Crippen molar-refractivity contribution in [3.8, 4) is 0 Å². The lowest BCUT2D eigenvalue weighted by atomic mass is 10.2. The van der Waals surface area contributed by atoms with Gasteiger partial charge in [-0.25, -0.2) is 13.1 Å². The Kier molecular flexibility index (Phi) is 4.48. The summed E-state index contributed by atoms with van der Waals surface area (Å²) >= 11 is 5.96. The van der Waals surface area contributed by atoms with Gasteiger partial charge in [-0.2, -0.15) is 0 Å². The molecule has 1 N–H and O–H groups in total. The van der Waals surface area contributed by atoms with Crippen LogP contribution in [0, 0.1) is 13.8 Å². The van der Waals surface area contributed by atoms with Crippen molar-refractivity contribution in [3.63, 3.8) is 0 Å². The van der Waals surface area contributed by atoms with E-state index in [9.17, 15) is 8.42 Å². The van der Waals surface area contributed by atoms with Crippen LogP contribution >= 0.6 is 11.6 Å². The van der Waals surface area contributed by atoms with Crippen LogP contribution < -0.4 is 4.72 Å². The highest BCUT2D eigenvalue weighted by molar-refractivity contribution is 7.89. The summed E-state index contributed by atoms with van der Waals surface area (Å²) in [5.74, 6) is 0. The molecule has 2 rings (SSSR count). The fourth-order valence-electron chi connectivity index (χ4n) is 1.71. The lowest BCUT2D eigenvalue weighted by molar-refractivity contribution is 0.581. The molecule has 0 fully saturated rings. The molecule has 0 aliphatic heterocycles. The minimum atomic E-state index is -3.54. The Hall–Kier alpha value is -1.36. The van der Waals surface area contributed by atoms with Crippen molar-refractivity contribution in [1.82, 2.24) is 4.72 Å². The molecule has 0 aliphatic rings. The molecule has 2 aromatic carbocycles. The first-order chi connectivity index (χ1) is 9.38. The zero-order valence-electron chi connectivity index (χ0n) is 11.4. The molecule has 0 heterocycles. The predicted octanol–water partition coefficient (Wildman–Crippen LogP) is 3.44. The molecule has 20 heavy (non-hydrogen) atoms. The van der Waals surface area contributed by atoms with Crippen LogP contribution in [0.1, 0.15) is 16.7 Å². The van der Waals surface area contributed by atoms with E-state index >= 15 is 0 Å². The van der Waals surface area contributed by atoms with Gasteiger partial charge < -0.3 is 0 Å². The maximum atomic E-state index is 12.2. The zero-order valence-corrected chi connectivity index (χ0v) is 12.9. The third-order valence-electron chi connectivity index (χ3n) is 3.04. The average molecular weight is 310 g/mol. The number of hydrogen-bond acceptors (Lipinski definition) is 2. The molecule has 0 unspecified atom stereocenters. The summed E-state index contributed by atoms with van der Waals surface area (Å²) in [6.45, 7) is 4.08. The molecule has 0 radical (unpaired) electrons. The third kappa shape index (κ3) is 3.60. The van der Waals surface area contributed by atoms with Gasteiger partial charge in [0.05, 0.1) is 4.90 Å². The van der Waals surface area contributed by atoms with E-state index < -0.39 is 10.0 Å². The van der Waals surface area contributed by atoms with E-state index in [0.29, 0.717) is 5.02 Å². The van der Waals surface area contributed by atoms with Crippen LogP contribution in [0.5, 0.6) is 0 Å². The molecule has 0 saturated carbocycles. The minimum Gasteiger partial charge on any atom is -0.207 e. The second-order valence-electron chi connectivity index (χ2n) is 4.72. The van der Waals surface area contributed by atoms with Crippen LogP contribution in [0.15, 0.2) is 47.4 Å². The van der Waals surface area contributed by atoms with E-state index in [1.807, 2.05) is 38.1 Å². The molecule has 0 bridgehead atoms. The van der Waals surface area contributed by atoms with E-state index in [-0.39, 0.29) is 11.4 Å². The van der Waals surface area contributed by atoms with Crippen molar-refractivity contribution < 1.29 is 8.42 Å². The maximum absolute atomic E-state index is 12.2. The van der Waals surface area contributed by atoms with E-state index in [0.717, 1.165) is 16.7 Å². The van der Waals surface area contributed by atoms with Gasteiger partial charge >= 0.3 is 0 Å². The van der Waals surface area contributed by atoms with Gasteiger partial charge in [0.25, 0.3) is 0 Å². The first kappa shape index (κ1) is 15.0. The number of aryl methyl sites for hydroxylation is 2. The molecule has 0 aliphatic carbocycles. The van der Waals surface area contributed by atoms with Crippen LogP contribution in [-0.2, 0) is 16.6 Å².